The number of hydrogen-bond acceptors (Lipinski definition) is 3. The second kappa shape index (κ2) is 6.28. The number of hydrogen-bond donors (Lipinski definition) is 2. The fourth-order valence-electron chi connectivity index (χ4n) is 1.37. The lowest BCUT2D eigenvalue weighted by molar-refractivity contribution is 0.0873. The Morgan fingerprint density at radius 3 is 3.00 bits per heavy atom. The molecule has 1 atom stereocenters. The van der Waals surface area contributed by atoms with E-state index in [4.69, 9.17) is 10.5 Å². The van der Waals surface area contributed by atoms with Gasteiger partial charge in [-0.25, -0.2) is 4.79 Å². The molecule has 0 aromatic carbocycles. The highest BCUT2D eigenvalue weighted by molar-refractivity contribution is 5.67. The second-order valence-corrected chi connectivity index (χ2v) is 3.19. The molecule has 0 saturated carbocycles. The number of rotatable bonds is 2. The van der Waals surface area contributed by atoms with E-state index in [1.807, 2.05) is 0 Å². The lowest BCUT2D eigenvalue weighted by Crippen LogP contribution is -2.33. The minimum atomic E-state index is -0.425. The summed E-state index contributed by atoms with van der Waals surface area (Å²) in [6, 6.07) is 0. The normalized spacial score (nSPS) is 21.1. The van der Waals surface area contributed by atoms with E-state index < -0.39 is 6.09 Å². The Bertz CT molecular complexity index is 242. The highest BCUT2D eigenvalue weighted by atomic mass is 16.6. The molecule has 0 aliphatic heterocycles. The largest absolute Gasteiger partial charge is 0.446 e. The number of carbonyl (C=O) groups excluding carboxylic acids is 1. The summed E-state index contributed by atoms with van der Waals surface area (Å²) in [7, 11) is 0. The van der Waals surface area contributed by atoms with E-state index in [1.165, 1.54) is 0 Å². The van der Waals surface area contributed by atoms with Gasteiger partial charge in [0.1, 0.15) is 6.10 Å². The van der Waals surface area contributed by atoms with Crippen molar-refractivity contribution in [3.63, 3.8) is 0 Å². The van der Waals surface area contributed by atoms with Gasteiger partial charge in [0.05, 0.1) is 6.67 Å². The fourth-order valence-corrected chi connectivity index (χ4v) is 1.37. The summed E-state index contributed by atoms with van der Waals surface area (Å²) in [5.74, 6) is 6.10. The molecule has 4 heteroatoms. The predicted octanol–water partition coefficient (Wildman–Crippen LogP) is 0.965. The lowest BCUT2D eigenvalue weighted by Gasteiger charge is -2.17. The van der Waals surface area contributed by atoms with Crippen LogP contribution in [0.1, 0.15) is 32.1 Å². The van der Waals surface area contributed by atoms with Gasteiger partial charge in [-0.3, -0.25) is 0 Å². The number of nitrogens with two attached hydrogens (primary N) is 1. The van der Waals surface area contributed by atoms with E-state index in [9.17, 15) is 4.79 Å². The zero-order chi connectivity index (χ0) is 10.2. The molecular weight excluding hydrogens is 180 g/mol. The van der Waals surface area contributed by atoms with Crippen LogP contribution in [0, 0.1) is 11.8 Å². The topological polar surface area (TPSA) is 64.3 Å². The van der Waals surface area contributed by atoms with Crippen LogP contribution in [0.15, 0.2) is 0 Å². The molecule has 1 amide bonds. The molecule has 0 saturated heterocycles. The average Bonchev–Trinajstić information content (AvgIpc) is 2.10. The van der Waals surface area contributed by atoms with Crippen LogP contribution in [-0.4, -0.2) is 18.9 Å². The van der Waals surface area contributed by atoms with Gasteiger partial charge >= 0.3 is 6.09 Å². The highest BCUT2D eigenvalue weighted by Gasteiger charge is 2.13. The molecule has 0 radical (unpaired) electrons. The van der Waals surface area contributed by atoms with Crippen molar-refractivity contribution in [1.82, 2.24) is 5.32 Å². The third kappa shape index (κ3) is 4.15. The quantitative estimate of drug-likeness (QED) is 0.511. The van der Waals surface area contributed by atoms with Crippen molar-refractivity contribution in [2.45, 2.75) is 38.2 Å². The Morgan fingerprint density at radius 2 is 2.21 bits per heavy atom. The standard InChI is InChI=1S/C10H16N2O2/c11-8-12-10(13)14-9-6-4-2-1-3-5-7-9/h9H,2,4-8,11H2,(H,12,13). The minimum Gasteiger partial charge on any atom is -0.446 e. The molecule has 1 unspecified atom stereocenters. The van der Waals surface area contributed by atoms with Crippen LogP contribution in [0.2, 0.25) is 0 Å². The monoisotopic (exact) mass is 196 g/mol. The Hall–Kier alpha value is -1.21. The second-order valence-electron chi connectivity index (χ2n) is 3.19. The Labute approximate surface area is 84.2 Å². The molecule has 78 valence electrons. The molecule has 14 heavy (non-hydrogen) atoms. The molecule has 0 aromatic heterocycles. The van der Waals surface area contributed by atoms with Crippen LogP contribution >= 0.6 is 0 Å². The third-order valence-corrected chi connectivity index (χ3v) is 2.06. The Morgan fingerprint density at radius 1 is 1.43 bits per heavy atom. The molecule has 0 spiro atoms. The molecule has 0 aromatic rings. The fraction of sp³-hybridized carbons (Fsp3) is 0.700. The van der Waals surface area contributed by atoms with Crippen LogP contribution in [0.4, 0.5) is 4.79 Å². The number of nitrogens with one attached hydrogen (secondary N) is 1. The Kier molecular flexibility index (Phi) is 4.87. The zero-order valence-corrected chi connectivity index (χ0v) is 8.21. The molecule has 3 N–H and O–H groups in total. The maximum atomic E-state index is 11.1. The van der Waals surface area contributed by atoms with Crippen molar-refractivity contribution in [2.24, 2.45) is 5.73 Å². The van der Waals surface area contributed by atoms with Gasteiger partial charge < -0.3 is 15.8 Å². The van der Waals surface area contributed by atoms with Gasteiger partial charge in [0, 0.05) is 12.8 Å². The first kappa shape index (κ1) is 10.9. The molecular formula is C10H16N2O2. The molecule has 0 bridgehead atoms. The van der Waals surface area contributed by atoms with Crippen LogP contribution in [-0.2, 0) is 4.74 Å². The maximum absolute atomic E-state index is 11.1. The highest BCUT2D eigenvalue weighted by Crippen LogP contribution is 2.12. The zero-order valence-electron chi connectivity index (χ0n) is 8.21. The van der Waals surface area contributed by atoms with E-state index in [2.05, 4.69) is 17.2 Å². The van der Waals surface area contributed by atoms with Crippen molar-refractivity contribution in [3.05, 3.63) is 0 Å². The summed E-state index contributed by atoms with van der Waals surface area (Å²) < 4.78 is 5.17. The summed E-state index contributed by atoms with van der Waals surface area (Å²) in [4.78, 5) is 11.1. The van der Waals surface area contributed by atoms with Gasteiger partial charge in [-0.15, -0.1) is 11.8 Å². The first-order valence-electron chi connectivity index (χ1n) is 4.93. The van der Waals surface area contributed by atoms with Crippen LogP contribution in [0.5, 0.6) is 0 Å². The van der Waals surface area contributed by atoms with Gasteiger partial charge in [0.25, 0.3) is 0 Å². The number of ether oxygens (including phenoxy) is 1. The SMILES string of the molecule is NCNC(=O)OC1CCC#CCCC1. The van der Waals surface area contributed by atoms with Crippen LogP contribution in [0.25, 0.3) is 0 Å². The van der Waals surface area contributed by atoms with Crippen LogP contribution in [0.3, 0.4) is 0 Å². The van der Waals surface area contributed by atoms with Gasteiger partial charge in [0.15, 0.2) is 0 Å². The van der Waals surface area contributed by atoms with Crippen molar-refractivity contribution in [3.8, 4) is 11.8 Å². The van der Waals surface area contributed by atoms with E-state index >= 15 is 0 Å². The first-order chi connectivity index (χ1) is 6.83. The molecule has 0 heterocycles. The average molecular weight is 196 g/mol. The predicted molar refractivity (Wildman–Crippen MR) is 53.3 cm³/mol. The first-order valence-corrected chi connectivity index (χ1v) is 4.93. The number of carbonyl (C=O) groups is 1. The van der Waals surface area contributed by atoms with Crippen molar-refractivity contribution >= 4 is 6.09 Å². The third-order valence-electron chi connectivity index (χ3n) is 2.06. The van der Waals surface area contributed by atoms with Crippen LogP contribution < -0.4 is 11.1 Å². The van der Waals surface area contributed by atoms with Gasteiger partial charge in [-0.05, 0) is 19.3 Å². The van der Waals surface area contributed by atoms with Crippen molar-refractivity contribution < 1.29 is 9.53 Å². The molecule has 4 nitrogen and oxygen atoms in total. The van der Waals surface area contributed by atoms with Gasteiger partial charge in [0.2, 0.25) is 0 Å². The lowest BCUT2D eigenvalue weighted by atomic mass is 10.0. The summed E-state index contributed by atoms with van der Waals surface area (Å²) in [6.45, 7) is 0.116. The summed E-state index contributed by atoms with van der Waals surface area (Å²) in [6.07, 6.45) is 3.99. The summed E-state index contributed by atoms with van der Waals surface area (Å²) in [5, 5.41) is 2.41. The molecule has 1 rings (SSSR count). The molecule has 1 aliphatic carbocycles. The van der Waals surface area contributed by atoms with Crippen molar-refractivity contribution in [1.29, 1.82) is 0 Å². The minimum absolute atomic E-state index is 0.00356. The van der Waals surface area contributed by atoms with Crippen molar-refractivity contribution in [2.75, 3.05) is 6.67 Å². The Balaban J connectivity index is 2.29. The van der Waals surface area contributed by atoms with E-state index in [0.29, 0.717) is 0 Å². The number of alkyl carbamates (subject to hydrolysis) is 1. The van der Waals surface area contributed by atoms with Gasteiger partial charge in [-0.1, -0.05) is 0 Å². The van der Waals surface area contributed by atoms with E-state index in [-0.39, 0.29) is 12.8 Å². The van der Waals surface area contributed by atoms with E-state index in [1.54, 1.807) is 0 Å². The number of amides is 1. The van der Waals surface area contributed by atoms with E-state index in [0.717, 1.165) is 32.1 Å². The molecule has 1 aliphatic rings. The summed E-state index contributed by atoms with van der Waals surface area (Å²) >= 11 is 0. The molecule has 0 fully saturated rings. The smallest absolute Gasteiger partial charge is 0.408 e. The summed E-state index contributed by atoms with van der Waals surface area (Å²) in [5.41, 5.74) is 5.16. The van der Waals surface area contributed by atoms with Gasteiger partial charge in [-0.2, -0.15) is 0 Å². The maximum Gasteiger partial charge on any atom is 0.408 e.